The van der Waals surface area contributed by atoms with Crippen LogP contribution in [0.1, 0.15) is 6.42 Å². The van der Waals surface area contributed by atoms with E-state index in [1.165, 1.54) is 16.7 Å². The molecule has 130 valence electrons. The monoisotopic (exact) mass is 395 g/mol. The van der Waals surface area contributed by atoms with E-state index < -0.39 is 15.7 Å². The average Bonchev–Trinajstić information content (AvgIpc) is 3.17. The molecule has 6 nitrogen and oxygen atoms in total. The van der Waals surface area contributed by atoms with Crippen molar-refractivity contribution in [1.29, 1.82) is 0 Å². The predicted octanol–water partition coefficient (Wildman–Crippen LogP) is 2.59. The topological polar surface area (TPSA) is 73.1 Å². The lowest BCUT2D eigenvalue weighted by molar-refractivity contribution is 0.588. The molecular formula is C16H14ClN3O3S2. The number of imidazole rings is 1. The number of fused-ring (bicyclic) bond motifs is 1. The van der Waals surface area contributed by atoms with Gasteiger partial charge in [0.15, 0.2) is 0 Å². The van der Waals surface area contributed by atoms with Gasteiger partial charge in [0.25, 0.3) is 10.0 Å². The lowest BCUT2D eigenvalue weighted by atomic mass is 10.2. The van der Waals surface area contributed by atoms with Crippen LogP contribution >= 0.6 is 22.9 Å². The van der Waals surface area contributed by atoms with Crippen molar-refractivity contribution in [3.63, 3.8) is 0 Å². The summed E-state index contributed by atoms with van der Waals surface area (Å²) in [5, 5.41) is 3.19. The van der Waals surface area contributed by atoms with Gasteiger partial charge in [0.1, 0.15) is 4.21 Å². The van der Waals surface area contributed by atoms with Crippen LogP contribution in [-0.4, -0.2) is 30.0 Å². The number of hydrogen-bond donors (Lipinski definition) is 1. The minimum Gasteiger partial charge on any atom is -0.313 e. The van der Waals surface area contributed by atoms with Crippen molar-refractivity contribution in [2.45, 2.75) is 10.6 Å². The molecule has 3 heterocycles. The Morgan fingerprint density at radius 2 is 1.88 bits per heavy atom. The molecule has 0 unspecified atom stereocenters. The molecule has 2 aromatic heterocycles. The third-order valence-corrected chi connectivity index (χ3v) is 7.46. The van der Waals surface area contributed by atoms with Crippen LogP contribution in [0, 0.1) is 0 Å². The van der Waals surface area contributed by atoms with Crippen molar-refractivity contribution < 1.29 is 8.42 Å². The predicted molar refractivity (Wildman–Crippen MR) is 99.9 cm³/mol. The highest BCUT2D eigenvalue weighted by molar-refractivity contribution is 7.92. The quantitative estimate of drug-likeness (QED) is 0.739. The molecule has 1 N–H and O–H groups in total. The standard InChI is InChI=1S/C16H14ClN3O3S2/c17-14-5-6-15(24-14)25(22,23)20-13-4-2-1-3-12(13)19(16(20)21)11-7-9-18-10-8-11/h1-7,18H,8-10H2. The summed E-state index contributed by atoms with van der Waals surface area (Å²) < 4.78 is 28.9. The summed E-state index contributed by atoms with van der Waals surface area (Å²) in [5.74, 6) is 0. The molecule has 9 heteroatoms. The van der Waals surface area contributed by atoms with Crippen molar-refractivity contribution in [2.24, 2.45) is 0 Å². The molecule has 0 saturated carbocycles. The molecule has 1 aromatic carbocycles. The van der Waals surface area contributed by atoms with Gasteiger partial charge in [-0.15, -0.1) is 11.3 Å². The Kier molecular flexibility index (Phi) is 4.07. The van der Waals surface area contributed by atoms with Gasteiger partial charge in [0.2, 0.25) is 0 Å². The van der Waals surface area contributed by atoms with E-state index in [1.807, 2.05) is 6.08 Å². The van der Waals surface area contributed by atoms with Gasteiger partial charge in [-0.1, -0.05) is 29.8 Å². The lowest BCUT2D eigenvalue weighted by Gasteiger charge is -2.14. The maximum Gasteiger partial charge on any atom is 0.347 e. The van der Waals surface area contributed by atoms with Gasteiger partial charge in [0, 0.05) is 25.2 Å². The van der Waals surface area contributed by atoms with Crippen LogP contribution in [0.3, 0.4) is 0 Å². The number of aromatic nitrogens is 2. The zero-order valence-electron chi connectivity index (χ0n) is 13.0. The minimum absolute atomic E-state index is 0.0433. The van der Waals surface area contributed by atoms with Crippen LogP contribution in [0.5, 0.6) is 0 Å². The number of thiophene rings is 1. The largest absolute Gasteiger partial charge is 0.347 e. The zero-order valence-corrected chi connectivity index (χ0v) is 15.4. The maximum atomic E-state index is 13.1. The first kappa shape index (κ1) is 16.6. The van der Waals surface area contributed by atoms with Gasteiger partial charge in [0.05, 0.1) is 15.4 Å². The SMILES string of the molecule is O=c1n(C2=CCNCC2)c2ccccc2n1S(=O)(=O)c1ccc(Cl)s1. The van der Waals surface area contributed by atoms with Crippen molar-refractivity contribution in [1.82, 2.24) is 13.9 Å². The number of rotatable bonds is 3. The van der Waals surface area contributed by atoms with Gasteiger partial charge in [-0.2, -0.15) is 12.4 Å². The summed E-state index contributed by atoms with van der Waals surface area (Å²) in [6.07, 6.45) is 2.56. The third-order valence-electron chi connectivity index (χ3n) is 4.08. The molecule has 0 saturated heterocycles. The first-order chi connectivity index (χ1) is 12.0. The molecule has 0 aliphatic carbocycles. The fraction of sp³-hybridized carbons (Fsp3) is 0.188. The van der Waals surface area contributed by atoms with E-state index in [9.17, 15) is 13.2 Å². The number of benzene rings is 1. The highest BCUT2D eigenvalue weighted by Gasteiger charge is 2.27. The Hall–Kier alpha value is -1.87. The minimum atomic E-state index is -4.02. The molecule has 0 amide bonds. The third kappa shape index (κ3) is 2.65. The Bertz CT molecular complexity index is 1150. The first-order valence-electron chi connectivity index (χ1n) is 7.64. The van der Waals surface area contributed by atoms with Gasteiger partial charge in [-0.25, -0.2) is 4.79 Å². The Morgan fingerprint density at radius 3 is 2.52 bits per heavy atom. The molecular weight excluding hydrogens is 382 g/mol. The van der Waals surface area contributed by atoms with Crippen LogP contribution in [-0.2, 0) is 10.0 Å². The molecule has 1 aliphatic heterocycles. The second-order valence-electron chi connectivity index (χ2n) is 5.58. The smallest absolute Gasteiger partial charge is 0.313 e. The summed E-state index contributed by atoms with van der Waals surface area (Å²) in [5.41, 5.74) is 1.15. The molecule has 3 aromatic rings. The number of nitrogens with zero attached hydrogens (tertiary/aromatic N) is 2. The van der Waals surface area contributed by atoms with Gasteiger partial charge < -0.3 is 5.32 Å². The summed E-state index contributed by atoms with van der Waals surface area (Å²) in [6.45, 7) is 1.39. The van der Waals surface area contributed by atoms with Crippen molar-refractivity contribution in [3.05, 3.63) is 57.3 Å². The van der Waals surface area contributed by atoms with E-state index in [-0.39, 0.29) is 4.21 Å². The normalized spacial score (nSPS) is 15.5. The van der Waals surface area contributed by atoms with E-state index in [0.29, 0.717) is 28.3 Å². The second kappa shape index (κ2) is 6.14. The number of hydrogen-bond acceptors (Lipinski definition) is 5. The fourth-order valence-corrected chi connectivity index (χ4v) is 5.92. The van der Waals surface area contributed by atoms with Crippen LogP contribution in [0.4, 0.5) is 0 Å². The average molecular weight is 396 g/mol. The van der Waals surface area contributed by atoms with Crippen LogP contribution in [0.2, 0.25) is 4.34 Å². The highest BCUT2D eigenvalue weighted by atomic mass is 35.5. The maximum absolute atomic E-state index is 13.1. The summed E-state index contributed by atoms with van der Waals surface area (Å²) >= 11 is 6.82. The number of nitrogens with one attached hydrogen (secondary N) is 1. The van der Waals surface area contributed by atoms with Crippen molar-refractivity contribution in [3.8, 4) is 0 Å². The summed E-state index contributed by atoms with van der Waals surface area (Å²) in [7, 11) is -4.02. The first-order valence-corrected chi connectivity index (χ1v) is 10.3. The van der Waals surface area contributed by atoms with Gasteiger partial charge >= 0.3 is 5.69 Å². The van der Waals surface area contributed by atoms with E-state index >= 15 is 0 Å². The summed E-state index contributed by atoms with van der Waals surface area (Å²) in [4.78, 5) is 13.1. The van der Waals surface area contributed by atoms with Crippen LogP contribution < -0.4 is 11.0 Å². The number of halogens is 1. The molecule has 0 spiro atoms. The van der Waals surface area contributed by atoms with E-state index in [1.54, 1.807) is 24.3 Å². The Balaban J connectivity index is 2.04. The Labute approximate surface area is 153 Å². The number of para-hydroxylation sites is 2. The van der Waals surface area contributed by atoms with Crippen molar-refractivity contribution in [2.75, 3.05) is 13.1 Å². The zero-order chi connectivity index (χ0) is 17.6. The van der Waals surface area contributed by atoms with Gasteiger partial charge in [-0.05, 0) is 24.3 Å². The van der Waals surface area contributed by atoms with Gasteiger partial charge in [-0.3, -0.25) is 4.57 Å². The van der Waals surface area contributed by atoms with Crippen LogP contribution in [0.25, 0.3) is 16.7 Å². The van der Waals surface area contributed by atoms with E-state index in [2.05, 4.69) is 5.32 Å². The summed E-state index contributed by atoms with van der Waals surface area (Å²) in [6, 6.07) is 9.84. The second-order valence-corrected chi connectivity index (χ2v) is 9.31. The molecule has 0 fully saturated rings. The fourth-order valence-electron chi connectivity index (χ4n) is 2.97. The molecule has 0 bridgehead atoms. The van der Waals surface area contributed by atoms with Crippen LogP contribution in [0.15, 0.2) is 51.5 Å². The van der Waals surface area contributed by atoms with E-state index in [4.69, 9.17) is 11.6 Å². The lowest BCUT2D eigenvalue weighted by Crippen LogP contribution is -2.31. The Morgan fingerprint density at radius 1 is 1.12 bits per heavy atom. The molecule has 4 rings (SSSR count). The molecule has 25 heavy (non-hydrogen) atoms. The van der Waals surface area contributed by atoms with Crippen molar-refractivity contribution >= 4 is 49.7 Å². The molecule has 0 radical (unpaired) electrons. The highest BCUT2D eigenvalue weighted by Crippen LogP contribution is 2.29. The van der Waals surface area contributed by atoms with E-state index in [0.717, 1.165) is 27.6 Å². The molecule has 0 atom stereocenters. The molecule has 1 aliphatic rings.